The number of aliphatic carboxylic acids is 1. The van der Waals surface area contributed by atoms with Crippen LogP contribution in [0.15, 0.2) is 4.99 Å². The van der Waals surface area contributed by atoms with Crippen LogP contribution >= 0.6 is 0 Å². The summed E-state index contributed by atoms with van der Waals surface area (Å²) in [6.07, 6.45) is 1.33. The summed E-state index contributed by atoms with van der Waals surface area (Å²) in [5, 5.41) is 12.4. The number of hydrogen-bond acceptors (Lipinski definition) is 6. The Hall–Kier alpha value is -3.06. The van der Waals surface area contributed by atoms with Crippen LogP contribution in [0.3, 0.4) is 0 Å². The van der Waals surface area contributed by atoms with E-state index < -0.39 is 36.1 Å². The number of methoxy groups -OCH3 is 1. The minimum atomic E-state index is -5.08. The Balaban J connectivity index is 0. The van der Waals surface area contributed by atoms with Crippen molar-refractivity contribution in [3.63, 3.8) is 0 Å². The van der Waals surface area contributed by atoms with Crippen LogP contribution in [0.1, 0.15) is 65.2 Å². The molecule has 0 aliphatic rings. The Bertz CT molecular complexity index is 670. The molecule has 0 aromatic rings. The molecule has 0 spiro atoms. The van der Waals surface area contributed by atoms with Crippen LogP contribution in [0, 0.1) is 0 Å². The molecule has 34 heavy (non-hydrogen) atoms. The number of alkyl halides is 3. The fourth-order valence-corrected chi connectivity index (χ4v) is 2.48. The van der Waals surface area contributed by atoms with E-state index in [1.54, 1.807) is 0 Å². The minimum absolute atomic E-state index is 0.0218. The molecule has 198 valence electrons. The second kappa shape index (κ2) is 18.4. The number of unbranched alkanes of at least 4 members (excludes halogenated alkanes) is 4. The zero-order valence-electron chi connectivity index (χ0n) is 19.7. The molecule has 2 amide bonds. The quantitative estimate of drug-likeness (QED) is 0.102. The molecule has 0 aromatic heterocycles. The lowest BCUT2D eigenvalue weighted by molar-refractivity contribution is -0.192. The third kappa shape index (κ3) is 18.5. The van der Waals surface area contributed by atoms with Crippen LogP contribution in [-0.4, -0.2) is 66.7 Å². The molecule has 0 fully saturated rings. The van der Waals surface area contributed by atoms with E-state index in [4.69, 9.17) is 21.4 Å². The van der Waals surface area contributed by atoms with Crippen LogP contribution in [0.5, 0.6) is 0 Å². The van der Waals surface area contributed by atoms with Crippen molar-refractivity contribution in [3.8, 4) is 0 Å². The van der Waals surface area contributed by atoms with E-state index in [0.717, 1.165) is 32.1 Å². The third-order valence-corrected chi connectivity index (χ3v) is 4.26. The van der Waals surface area contributed by atoms with Crippen molar-refractivity contribution in [2.24, 2.45) is 16.5 Å². The number of amides is 2. The lowest BCUT2D eigenvalue weighted by Crippen LogP contribution is -2.51. The van der Waals surface area contributed by atoms with E-state index in [9.17, 15) is 27.6 Å². The summed E-state index contributed by atoms with van der Waals surface area (Å²) < 4.78 is 36.3. The van der Waals surface area contributed by atoms with E-state index in [-0.39, 0.29) is 11.9 Å². The van der Waals surface area contributed by atoms with Crippen molar-refractivity contribution in [1.29, 1.82) is 0 Å². The van der Waals surface area contributed by atoms with Gasteiger partial charge in [-0.25, -0.2) is 9.59 Å². The lowest BCUT2D eigenvalue weighted by Gasteiger charge is -2.20. The second-order valence-electron chi connectivity index (χ2n) is 7.29. The van der Waals surface area contributed by atoms with Crippen LogP contribution in [0.25, 0.3) is 0 Å². The number of carbonyl (C=O) groups excluding carboxylic acids is 3. The summed E-state index contributed by atoms with van der Waals surface area (Å²) >= 11 is 0. The fourth-order valence-electron chi connectivity index (χ4n) is 2.48. The topological polar surface area (TPSA) is 186 Å². The second-order valence-corrected chi connectivity index (χ2v) is 7.29. The largest absolute Gasteiger partial charge is 0.490 e. The van der Waals surface area contributed by atoms with Gasteiger partial charge in [0.05, 0.1) is 7.11 Å². The first-order chi connectivity index (χ1) is 15.8. The first kappa shape index (κ1) is 33.1. The molecule has 0 heterocycles. The van der Waals surface area contributed by atoms with Gasteiger partial charge < -0.3 is 31.9 Å². The number of hydrogen-bond donors (Lipinski definition) is 5. The van der Waals surface area contributed by atoms with Crippen molar-refractivity contribution in [1.82, 2.24) is 10.6 Å². The maximum absolute atomic E-state index is 12.4. The van der Waals surface area contributed by atoms with Crippen LogP contribution < -0.4 is 22.1 Å². The Morgan fingerprint density at radius 3 is 2.06 bits per heavy atom. The minimum Gasteiger partial charge on any atom is -0.475 e. The summed E-state index contributed by atoms with van der Waals surface area (Å²) in [7, 11) is 1.25. The summed E-state index contributed by atoms with van der Waals surface area (Å²) in [5.41, 5.74) is 10.6. The molecule has 0 saturated carbocycles. The first-order valence-electron chi connectivity index (χ1n) is 10.8. The standard InChI is InChI=1S/C18H35N5O4.C2HF3O2/c1-4-5-6-7-8-11-15(24)23-14(10-9-12-21-18(19)20)16(25)22-13(2)17(26)27-3;3-2(4,5)1(6)7/h13-14H,4-12H2,1-3H3,(H,22,25)(H,23,24)(H4,19,20,21);(H,6,7). The van der Waals surface area contributed by atoms with Gasteiger partial charge >= 0.3 is 18.1 Å². The number of ether oxygens (including phenoxy) is 1. The number of halogens is 3. The maximum Gasteiger partial charge on any atom is 0.490 e. The zero-order valence-corrected chi connectivity index (χ0v) is 19.7. The van der Waals surface area contributed by atoms with E-state index >= 15 is 0 Å². The van der Waals surface area contributed by atoms with Crippen LogP contribution in [0.4, 0.5) is 13.2 Å². The van der Waals surface area contributed by atoms with Gasteiger partial charge in [0, 0.05) is 13.0 Å². The predicted molar refractivity (Wildman–Crippen MR) is 119 cm³/mol. The van der Waals surface area contributed by atoms with Gasteiger partial charge in [-0.15, -0.1) is 0 Å². The van der Waals surface area contributed by atoms with Gasteiger partial charge in [-0.3, -0.25) is 14.6 Å². The van der Waals surface area contributed by atoms with Gasteiger partial charge in [-0.1, -0.05) is 32.6 Å². The van der Waals surface area contributed by atoms with Gasteiger partial charge in [0.25, 0.3) is 0 Å². The monoisotopic (exact) mass is 499 g/mol. The number of esters is 1. The number of guanidine groups is 1. The maximum atomic E-state index is 12.4. The van der Waals surface area contributed by atoms with Gasteiger partial charge in [0.1, 0.15) is 12.1 Å². The molecule has 14 heteroatoms. The Labute approximate surface area is 196 Å². The summed E-state index contributed by atoms with van der Waals surface area (Å²) in [5.74, 6) is -3.94. The van der Waals surface area contributed by atoms with Crippen molar-refractivity contribution >= 4 is 29.7 Å². The van der Waals surface area contributed by atoms with Crippen molar-refractivity contribution in [3.05, 3.63) is 0 Å². The Kier molecular flexibility index (Phi) is 17.9. The first-order valence-corrected chi connectivity index (χ1v) is 10.8. The number of nitrogens with one attached hydrogen (secondary N) is 2. The number of nitrogens with zero attached hydrogens (tertiary/aromatic N) is 1. The molecule has 0 aliphatic carbocycles. The highest BCUT2D eigenvalue weighted by Crippen LogP contribution is 2.13. The summed E-state index contributed by atoms with van der Waals surface area (Å²) in [4.78, 5) is 48.8. The molecule has 11 nitrogen and oxygen atoms in total. The smallest absolute Gasteiger partial charge is 0.475 e. The molecular weight excluding hydrogens is 463 g/mol. The number of carboxylic acid groups (broad SMARTS) is 1. The number of carboxylic acids is 1. The molecule has 0 bridgehead atoms. The Morgan fingerprint density at radius 2 is 1.59 bits per heavy atom. The van der Waals surface area contributed by atoms with Gasteiger partial charge in [0.2, 0.25) is 11.8 Å². The molecule has 0 radical (unpaired) electrons. The highest BCUT2D eigenvalue weighted by atomic mass is 19.4. The fraction of sp³-hybridized carbons (Fsp3) is 0.750. The third-order valence-electron chi connectivity index (χ3n) is 4.26. The number of carbonyl (C=O) groups is 4. The molecule has 0 saturated heterocycles. The number of aliphatic imine (C=N–C) groups is 1. The van der Waals surface area contributed by atoms with E-state index in [2.05, 4.69) is 27.3 Å². The molecule has 2 unspecified atom stereocenters. The molecule has 2 atom stereocenters. The van der Waals surface area contributed by atoms with E-state index in [1.165, 1.54) is 14.0 Å². The molecule has 0 aromatic carbocycles. The van der Waals surface area contributed by atoms with Crippen molar-refractivity contribution in [2.45, 2.75) is 83.5 Å². The molecule has 7 N–H and O–H groups in total. The van der Waals surface area contributed by atoms with Gasteiger partial charge in [0.15, 0.2) is 5.96 Å². The van der Waals surface area contributed by atoms with Crippen molar-refractivity contribution in [2.75, 3.05) is 13.7 Å². The number of nitrogens with two attached hydrogens (primary N) is 2. The normalized spacial score (nSPS) is 12.3. The Morgan fingerprint density at radius 1 is 1.03 bits per heavy atom. The highest BCUT2D eigenvalue weighted by Gasteiger charge is 2.38. The van der Waals surface area contributed by atoms with Gasteiger partial charge in [-0.05, 0) is 26.2 Å². The van der Waals surface area contributed by atoms with Crippen LogP contribution in [-0.2, 0) is 23.9 Å². The summed E-state index contributed by atoms with van der Waals surface area (Å²) in [6.45, 7) is 4.01. The average Bonchev–Trinajstić information content (AvgIpc) is 2.74. The zero-order chi connectivity index (χ0) is 26.7. The highest BCUT2D eigenvalue weighted by molar-refractivity contribution is 5.90. The molecule has 0 rings (SSSR count). The predicted octanol–water partition coefficient (Wildman–Crippen LogP) is 1.20. The summed E-state index contributed by atoms with van der Waals surface area (Å²) in [6, 6.07) is -1.55. The van der Waals surface area contributed by atoms with Gasteiger partial charge in [-0.2, -0.15) is 13.2 Å². The van der Waals surface area contributed by atoms with Crippen LogP contribution in [0.2, 0.25) is 0 Å². The molecule has 0 aliphatic heterocycles. The van der Waals surface area contributed by atoms with Crippen molar-refractivity contribution < 1.29 is 42.2 Å². The number of rotatable bonds is 14. The average molecular weight is 500 g/mol. The van der Waals surface area contributed by atoms with E-state index in [0.29, 0.717) is 25.8 Å². The van der Waals surface area contributed by atoms with E-state index in [1.807, 2.05) is 0 Å². The molecular formula is C20H36F3N5O6. The SMILES string of the molecule is CCCCCCCC(=O)NC(CCCN=C(N)N)C(=O)NC(C)C(=O)OC.O=C(O)C(F)(F)F. The lowest BCUT2D eigenvalue weighted by atomic mass is 10.1.